The lowest BCUT2D eigenvalue weighted by Crippen LogP contribution is -2.36. The van der Waals surface area contributed by atoms with Crippen LogP contribution in [0.3, 0.4) is 0 Å². The molecule has 25 heavy (non-hydrogen) atoms. The van der Waals surface area contributed by atoms with E-state index in [0.717, 1.165) is 10.2 Å². The first-order chi connectivity index (χ1) is 12.2. The molecule has 0 fully saturated rings. The van der Waals surface area contributed by atoms with Crippen molar-refractivity contribution in [2.24, 2.45) is 4.99 Å². The van der Waals surface area contributed by atoms with Gasteiger partial charge in [-0.25, -0.2) is 0 Å². The largest absolute Gasteiger partial charge is 0.485 e. The zero-order chi connectivity index (χ0) is 17.4. The van der Waals surface area contributed by atoms with Crippen molar-refractivity contribution in [3.05, 3.63) is 52.3 Å². The summed E-state index contributed by atoms with van der Waals surface area (Å²) in [4.78, 5) is 17.5. The monoisotopic (exact) mass is 374 g/mol. The molecule has 7 heteroatoms. The van der Waals surface area contributed by atoms with Gasteiger partial charge >= 0.3 is 0 Å². The van der Waals surface area contributed by atoms with Gasteiger partial charge in [0, 0.05) is 6.54 Å². The van der Waals surface area contributed by atoms with Crippen LogP contribution in [0.4, 0.5) is 0 Å². The fourth-order valence-electron chi connectivity index (χ4n) is 2.77. The van der Waals surface area contributed by atoms with Gasteiger partial charge in [0.15, 0.2) is 16.3 Å². The third kappa shape index (κ3) is 2.92. The maximum Gasteiger partial charge on any atom is 0.292 e. The molecule has 0 radical (unpaired) electrons. The molecule has 0 saturated heterocycles. The standard InChI is InChI=1S/C18H15ClN2O3S/c1-2-21-16-11(19)6-5-9-15(16)25-18(21)20-17(22)14-10-23-12-7-3-4-8-13(12)24-14/h3-9,14H,2,10H2,1H3/t14-/m1/s1. The van der Waals surface area contributed by atoms with Gasteiger partial charge < -0.3 is 14.0 Å². The highest BCUT2D eigenvalue weighted by atomic mass is 35.5. The number of carbonyl (C=O) groups is 1. The Morgan fingerprint density at radius 3 is 2.88 bits per heavy atom. The van der Waals surface area contributed by atoms with Crippen LogP contribution in [-0.2, 0) is 11.3 Å². The van der Waals surface area contributed by atoms with Crippen molar-refractivity contribution in [2.45, 2.75) is 19.6 Å². The number of halogens is 1. The second-order valence-electron chi connectivity index (χ2n) is 5.53. The zero-order valence-electron chi connectivity index (χ0n) is 13.4. The minimum atomic E-state index is -0.749. The summed E-state index contributed by atoms with van der Waals surface area (Å²) in [5.41, 5.74) is 0.898. The summed E-state index contributed by atoms with van der Waals surface area (Å²) in [6, 6.07) is 13.0. The topological polar surface area (TPSA) is 52.8 Å². The van der Waals surface area contributed by atoms with E-state index >= 15 is 0 Å². The Balaban J connectivity index is 1.71. The van der Waals surface area contributed by atoms with Gasteiger partial charge in [0.25, 0.3) is 5.91 Å². The lowest BCUT2D eigenvalue weighted by molar-refractivity contribution is -0.127. The SMILES string of the molecule is CCn1c(=NC(=O)[C@H]2COc3ccccc3O2)sc2cccc(Cl)c21. The number of hydrogen-bond acceptors (Lipinski definition) is 4. The molecule has 0 N–H and O–H groups in total. The van der Waals surface area contributed by atoms with Gasteiger partial charge in [-0.1, -0.05) is 41.1 Å². The van der Waals surface area contributed by atoms with Gasteiger partial charge in [-0.15, -0.1) is 0 Å². The molecule has 1 amide bonds. The summed E-state index contributed by atoms with van der Waals surface area (Å²) in [6.45, 7) is 2.81. The number of aromatic nitrogens is 1. The van der Waals surface area contributed by atoms with Crippen molar-refractivity contribution in [3.63, 3.8) is 0 Å². The van der Waals surface area contributed by atoms with Crippen LogP contribution < -0.4 is 14.3 Å². The van der Waals surface area contributed by atoms with Crippen LogP contribution in [0.25, 0.3) is 10.2 Å². The van der Waals surface area contributed by atoms with Crippen LogP contribution in [0.5, 0.6) is 11.5 Å². The normalized spacial score (nSPS) is 17.0. The quantitative estimate of drug-likeness (QED) is 0.688. The maximum atomic E-state index is 12.6. The number of hydrogen-bond donors (Lipinski definition) is 0. The first-order valence-electron chi connectivity index (χ1n) is 7.92. The van der Waals surface area contributed by atoms with Crippen LogP contribution in [-0.4, -0.2) is 23.2 Å². The van der Waals surface area contributed by atoms with Crippen LogP contribution in [0.15, 0.2) is 47.5 Å². The molecular formula is C18H15ClN2O3S. The number of rotatable bonds is 2. The predicted octanol–water partition coefficient (Wildman–Crippen LogP) is 3.64. The van der Waals surface area contributed by atoms with E-state index in [9.17, 15) is 4.79 Å². The van der Waals surface area contributed by atoms with E-state index < -0.39 is 6.10 Å². The van der Waals surface area contributed by atoms with Gasteiger partial charge in [0.1, 0.15) is 6.61 Å². The molecular weight excluding hydrogens is 360 g/mol. The Morgan fingerprint density at radius 2 is 2.08 bits per heavy atom. The van der Waals surface area contributed by atoms with Crippen molar-refractivity contribution >= 4 is 39.1 Å². The second-order valence-corrected chi connectivity index (χ2v) is 6.95. The average Bonchev–Trinajstić information content (AvgIpc) is 2.99. The average molecular weight is 375 g/mol. The molecule has 5 nitrogen and oxygen atoms in total. The van der Waals surface area contributed by atoms with Crippen molar-refractivity contribution in [3.8, 4) is 11.5 Å². The number of para-hydroxylation sites is 3. The molecule has 0 bridgehead atoms. The molecule has 1 aliphatic rings. The highest BCUT2D eigenvalue weighted by Crippen LogP contribution is 2.31. The second kappa shape index (κ2) is 6.54. The van der Waals surface area contributed by atoms with E-state index in [0.29, 0.717) is 27.9 Å². The Morgan fingerprint density at radius 1 is 1.28 bits per heavy atom. The smallest absolute Gasteiger partial charge is 0.292 e. The van der Waals surface area contributed by atoms with E-state index in [4.69, 9.17) is 21.1 Å². The van der Waals surface area contributed by atoms with Gasteiger partial charge in [-0.3, -0.25) is 4.79 Å². The van der Waals surface area contributed by atoms with Gasteiger partial charge in [0.2, 0.25) is 6.10 Å². The molecule has 2 heterocycles. The highest BCUT2D eigenvalue weighted by Gasteiger charge is 2.27. The van der Waals surface area contributed by atoms with Crippen LogP contribution >= 0.6 is 22.9 Å². The number of ether oxygens (including phenoxy) is 2. The summed E-state index contributed by atoms with van der Waals surface area (Å²) in [6.07, 6.45) is -0.749. The summed E-state index contributed by atoms with van der Waals surface area (Å²) in [7, 11) is 0. The maximum absolute atomic E-state index is 12.6. The van der Waals surface area contributed by atoms with Crippen molar-refractivity contribution in [1.82, 2.24) is 4.57 Å². The van der Waals surface area contributed by atoms with Crippen LogP contribution in [0.1, 0.15) is 6.92 Å². The Labute approximate surface area is 153 Å². The van der Waals surface area contributed by atoms with E-state index in [2.05, 4.69) is 4.99 Å². The summed E-state index contributed by atoms with van der Waals surface area (Å²) in [5.74, 6) is 0.841. The minimum absolute atomic E-state index is 0.150. The molecule has 1 aromatic heterocycles. The summed E-state index contributed by atoms with van der Waals surface area (Å²) >= 11 is 7.75. The number of nitrogens with zero attached hydrogens (tertiary/aromatic N) is 2. The van der Waals surface area contributed by atoms with E-state index in [-0.39, 0.29) is 12.5 Å². The fraction of sp³-hybridized carbons (Fsp3) is 0.222. The number of amides is 1. The van der Waals surface area contributed by atoms with Gasteiger partial charge in [-0.05, 0) is 31.2 Å². The van der Waals surface area contributed by atoms with Crippen molar-refractivity contribution in [1.29, 1.82) is 0 Å². The molecule has 0 saturated carbocycles. The predicted molar refractivity (Wildman–Crippen MR) is 97.4 cm³/mol. The first-order valence-corrected chi connectivity index (χ1v) is 9.11. The number of benzene rings is 2. The Kier molecular flexibility index (Phi) is 4.23. The fourth-order valence-corrected chi connectivity index (χ4v) is 4.23. The van der Waals surface area contributed by atoms with Crippen LogP contribution in [0, 0.1) is 0 Å². The molecule has 0 aliphatic carbocycles. The molecule has 1 aliphatic heterocycles. The minimum Gasteiger partial charge on any atom is -0.485 e. The third-order valence-electron chi connectivity index (χ3n) is 3.96. The molecule has 128 valence electrons. The van der Waals surface area contributed by atoms with E-state index in [1.165, 1.54) is 11.3 Å². The van der Waals surface area contributed by atoms with E-state index in [1.807, 2.05) is 47.9 Å². The number of aryl methyl sites for hydroxylation is 1. The number of carbonyl (C=O) groups excluding carboxylic acids is 1. The lowest BCUT2D eigenvalue weighted by Gasteiger charge is -2.23. The Hall–Kier alpha value is -2.31. The molecule has 3 aromatic rings. The van der Waals surface area contributed by atoms with Crippen molar-refractivity contribution in [2.75, 3.05) is 6.61 Å². The number of thiazole rings is 1. The summed E-state index contributed by atoms with van der Waals surface area (Å²) < 4.78 is 14.3. The van der Waals surface area contributed by atoms with Gasteiger partial charge in [-0.2, -0.15) is 4.99 Å². The Bertz CT molecular complexity index is 1020. The molecule has 2 aromatic carbocycles. The highest BCUT2D eigenvalue weighted by molar-refractivity contribution is 7.16. The zero-order valence-corrected chi connectivity index (χ0v) is 15.0. The third-order valence-corrected chi connectivity index (χ3v) is 5.31. The molecule has 4 rings (SSSR count). The van der Waals surface area contributed by atoms with Gasteiger partial charge in [0.05, 0.1) is 15.2 Å². The molecule has 0 unspecified atom stereocenters. The summed E-state index contributed by atoms with van der Waals surface area (Å²) in [5, 5.41) is 0.649. The lowest BCUT2D eigenvalue weighted by atomic mass is 10.2. The van der Waals surface area contributed by atoms with Crippen LogP contribution in [0.2, 0.25) is 5.02 Å². The molecule has 0 spiro atoms. The molecule has 1 atom stereocenters. The van der Waals surface area contributed by atoms with E-state index in [1.54, 1.807) is 6.07 Å². The number of fused-ring (bicyclic) bond motifs is 2. The van der Waals surface area contributed by atoms with Crippen molar-refractivity contribution < 1.29 is 14.3 Å². The first kappa shape index (κ1) is 16.2.